The lowest BCUT2D eigenvalue weighted by Gasteiger charge is -2.02. The van der Waals surface area contributed by atoms with Gasteiger partial charge in [0.25, 0.3) is 5.56 Å². The van der Waals surface area contributed by atoms with Crippen LogP contribution < -0.4 is 5.56 Å². The molecule has 0 unspecified atom stereocenters. The Morgan fingerprint density at radius 2 is 2.36 bits per heavy atom. The van der Waals surface area contributed by atoms with Crippen LogP contribution in [-0.2, 0) is 6.54 Å². The number of fused-ring (bicyclic) bond motifs is 1. The van der Waals surface area contributed by atoms with E-state index in [1.807, 2.05) is 0 Å². The molecule has 2 aromatic heterocycles. The van der Waals surface area contributed by atoms with Gasteiger partial charge in [-0.2, -0.15) is 5.10 Å². The van der Waals surface area contributed by atoms with E-state index in [2.05, 4.69) is 11.7 Å². The number of aromatic nitrogens is 3. The summed E-state index contributed by atoms with van der Waals surface area (Å²) in [4.78, 5) is 11.8. The summed E-state index contributed by atoms with van der Waals surface area (Å²) in [6.07, 6.45) is 7.73. The van der Waals surface area contributed by atoms with Crippen molar-refractivity contribution in [1.82, 2.24) is 14.2 Å². The lowest BCUT2D eigenvalue weighted by atomic mass is 10.4. The van der Waals surface area contributed by atoms with Gasteiger partial charge in [0.2, 0.25) is 0 Å². The van der Waals surface area contributed by atoms with Crippen molar-refractivity contribution in [2.24, 2.45) is 0 Å². The standard InChI is InChI=1S/C10H11N3O/c1-2-3-6-12-7-8-13-9(10(12)14)4-5-11-13/h2,4-5,7-8H,1,3,6H2. The van der Waals surface area contributed by atoms with Gasteiger partial charge in [-0.05, 0) is 12.5 Å². The van der Waals surface area contributed by atoms with E-state index in [-0.39, 0.29) is 5.56 Å². The Bertz CT molecular complexity index is 509. The van der Waals surface area contributed by atoms with Crippen LogP contribution in [0.5, 0.6) is 0 Å². The third kappa shape index (κ3) is 1.35. The molecule has 0 bridgehead atoms. The van der Waals surface area contributed by atoms with Gasteiger partial charge in [0.1, 0.15) is 5.52 Å². The second-order valence-corrected chi connectivity index (χ2v) is 3.04. The molecule has 4 heteroatoms. The highest BCUT2D eigenvalue weighted by Crippen LogP contribution is 1.95. The van der Waals surface area contributed by atoms with Crippen molar-refractivity contribution in [2.45, 2.75) is 13.0 Å². The molecule has 0 aromatic carbocycles. The monoisotopic (exact) mass is 189 g/mol. The molecule has 0 radical (unpaired) electrons. The summed E-state index contributed by atoms with van der Waals surface area (Å²) in [6, 6.07) is 1.72. The van der Waals surface area contributed by atoms with Crippen LogP contribution in [0.25, 0.3) is 5.52 Å². The molecule has 2 aromatic rings. The molecule has 0 saturated carbocycles. The van der Waals surface area contributed by atoms with Crippen molar-refractivity contribution in [1.29, 1.82) is 0 Å². The van der Waals surface area contributed by atoms with Crippen LogP contribution in [0.1, 0.15) is 6.42 Å². The normalized spacial score (nSPS) is 10.6. The molecular weight excluding hydrogens is 178 g/mol. The molecular formula is C10H11N3O. The van der Waals surface area contributed by atoms with E-state index in [1.165, 1.54) is 0 Å². The number of rotatable bonds is 3. The fraction of sp³-hybridized carbons (Fsp3) is 0.200. The van der Waals surface area contributed by atoms with Crippen LogP contribution in [0.3, 0.4) is 0 Å². The third-order valence-electron chi connectivity index (χ3n) is 2.11. The van der Waals surface area contributed by atoms with E-state index in [1.54, 1.807) is 39.8 Å². The summed E-state index contributed by atoms with van der Waals surface area (Å²) in [5, 5.41) is 3.98. The summed E-state index contributed by atoms with van der Waals surface area (Å²) in [5.41, 5.74) is 0.600. The smallest absolute Gasteiger partial charge is 0.276 e. The minimum absolute atomic E-state index is 0.00755. The maximum Gasteiger partial charge on any atom is 0.276 e. The van der Waals surface area contributed by atoms with Crippen molar-refractivity contribution in [3.05, 3.63) is 47.7 Å². The van der Waals surface area contributed by atoms with Gasteiger partial charge in [-0.1, -0.05) is 6.08 Å². The lowest BCUT2D eigenvalue weighted by Crippen LogP contribution is -2.21. The van der Waals surface area contributed by atoms with E-state index in [9.17, 15) is 4.79 Å². The quantitative estimate of drug-likeness (QED) is 0.677. The van der Waals surface area contributed by atoms with E-state index >= 15 is 0 Å². The molecule has 14 heavy (non-hydrogen) atoms. The van der Waals surface area contributed by atoms with Gasteiger partial charge in [0.15, 0.2) is 0 Å². The number of allylic oxidation sites excluding steroid dienone is 1. The van der Waals surface area contributed by atoms with Crippen LogP contribution in [0.4, 0.5) is 0 Å². The van der Waals surface area contributed by atoms with Gasteiger partial charge in [-0.15, -0.1) is 6.58 Å². The molecule has 72 valence electrons. The van der Waals surface area contributed by atoms with Crippen molar-refractivity contribution >= 4 is 5.52 Å². The molecule has 0 amide bonds. The second kappa shape index (κ2) is 3.49. The predicted octanol–water partition coefficient (Wildman–Crippen LogP) is 1.07. The zero-order valence-corrected chi connectivity index (χ0v) is 7.76. The Balaban J connectivity index is 2.51. The van der Waals surface area contributed by atoms with E-state index in [0.717, 1.165) is 6.42 Å². The van der Waals surface area contributed by atoms with E-state index in [0.29, 0.717) is 12.1 Å². The average Bonchev–Trinajstić information content (AvgIpc) is 2.66. The fourth-order valence-electron chi connectivity index (χ4n) is 1.37. The number of hydrogen-bond acceptors (Lipinski definition) is 2. The van der Waals surface area contributed by atoms with Crippen LogP contribution in [-0.4, -0.2) is 14.2 Å². The topological polar surface area (TPSA) is 39.3 Å². The zero-order valence-electron chi connectivity index (χ0n) is 7.76. The molecule has 0 fully saturated rings. The highest BCUT2D eigenvalue weighted by atomic mass is 16.1. The van der Waals surface area contributed by atoms with E-state index < -0.39 is 0 Å². The van der Waals surface area contributed by atoms with Crippen molar-refractivity contribution in [3.63, 3.8) is 0 Å². The van der Waals surface area contributed by atoms with Gasteiger partial charge in [0, 0.05) is 18.9 Å². The summed E-state index contributed by atoms with van der Waals surface area (Å²) >= 11 is 0. The highest BCUT2D eigenvalue weighted by Gasteiger charge is 2.01. The summed E-state index contributed by atoms with van der Waals surface area (Å²) < 4.78 is 3.24. The van der Waals surface area contributed by atoms with Gasteiger partial charge < -0.3 is 4.57 Å². The Morgan fingerprint density at radius 3 is 3.14 bits per heavy atom. The Labute approximate surface area is 81.1 Å². The first kappa shape index (κ1) is 8.74. The Kier molecular flexibility index (Phi) is 2.18. The van der Waals surface area contributed by atoms with Crippen molar-refractivity contribution in [2.75, 3.05) is 0 Å². The summed E-state index contributed by atoms with van der Waals surface area (Å²) in [7, 11) is 0. The Hall–Kier alpha value is -1.84. The van der Waals surface area contributed by atoms with E-state index in [4.69, 9.17) is 0 Å². The van der Waals surface area contributed by atoms with Crippen LogP contribution in [0.15, 0.2) is 42.1 Å². The first-order valence-corrected chi connectivity index (χ1v) is 4.46. The molecule has 0 spiro atoms. The molecule has 2 rings (SSSR count). The number of nitrogens with zero attached hydrogens (tertiary/aromatic N) is 3. The molecule has 4 nitrogen and oxygen atoms in total. The highest BCUT2D eigenvalue weighted by molar-refractivity contribution is 5.42. The predicted molar refractivity (Wildman–Crippen MR) is 54.3 cm³/mol. The third-order valence-corrected chi connectivity index (χ3v) is 2.11. The number of hydrogen-bond donors (Lipinski definition) is 0. The second-order valence-electron chi connectivity index (χ2n) is 3.04. The van der Waals surface area contributed by atoms with Gasteiger partial charge in [-0.25, -0.2) is 4.52 Å². The maximum atomic E-state index is 11.8. The molecule has 0 N–H and O–H groups in total. The summed E-state index contributed by atoms with van der Waals surface area (Å²) in [6.45, 7) is 4.30. The molecule has 0 aliphatic carbocycles. The summed E-state index contributed by atoms with van der Waals surface area (Å²) in [5.74, 6) is 0. The molecule has 0 aliphatic heterocycles. The van der Waals surface area contributed by atoms with Gasteiger partial charge in [-0.3, -0.25) is 4.79 Å². The molecule has 0 aliphatic rings. The van der Waals surface area contributed by atoms with Crippen LogP contribution >= 0.6 is 0 Å². The van der Waals surface area contributed by atoms with Crippen molar-refractivity contribution < 1.29 is 0 Å². The fourth-order valence-corrected chi connectivity index (χ4v) is 1.37. The zero-order chi connectivity index (χ0) is 9.97. The molecule has 0 atom stereocenters. The Morgan fingerprint density at radius 1 is 1.50 bits per heavy atom. The minimum Gasteiger partial charge on any atom is -0.312 e. The average molecular weight is 189 g/mol. The molecule has 2 heterocycles. The lowest BCUT2D eigenvalue weighted by molar-refractivity contribution is 0.674. The van der Waals surface area contributed by atoms with Gasteiger partial charge >= 0.3 is 0 Å². The number of aryl methyl sites for hydroxylation is 1. The first-order chi connectivity index (χ1) is 6.83. The maximum absolute atomic E-state index is 11.8. The van der Waals surface area contributed by atoms with Crippen molar-refractivity contribution in [3.8, 4) is 0 Å². The van der Waals surface area contributed by atoms with Gasteiger partial charge in [0.05, 0.1) is 6.20 Å². The minimum atomic E-state index is -0.00755. The van der Waals surface area contributed by atoms with Crippen LogP contribution in [0.2, 0.25) is 0 Å². The first-order valence-electron chi connectivity index (χ1n) is 4.46. The molecule has 0 saturated heterocycles. The van der Waals surface area contributed by atoms with Crippen LogP contribution in [0, 0.1) is 0 Å². The largest absolute Gasteiger partial charge is 0.312 e. The SMILES string of the molecule is C=CCCn1ccn2nccc2c1=O.